The topological polar surface area (TPSA) is 41.6 Å². The van der Waals surface area contributed by atoms with Crippen LogP contribution in [0.15, 0.2) is 41.8 Å². The van der Waals surface area contributed by atoms with Gasteiger partial charge < -0.3 is 0 Å². The van der Waals surface area contributed by atoms with Crippen molar-refractivity contribution in [3.8, 4) is 11.8 Å². The summed E-state index contributed by atoms with van der Waals surface area (Å²) in [4.78, 5) is 4.32. The molecule has 0 N–H and O–H groups in total. The minimum atomic E-state index is 0.547. The van der Waals surface area contributed by atoms with Crippen molar-refractivity contribution in [1.29, 1.82) is 5.26 Å². The lowest BCUT2D eigenvalue weighted by molar-refractivity contribution is 0.887. The molecule has 1 heterocycles. The Balaban J connectivity index is 2.25. The largest absolute Gasteiger partial charge is 0.295 e. The van der Waals surface area contributed by atoms with Crippen LogP contribution in [0.5, 0.6) is 0 Å². The van der Waals surface area contributed by atoms with Gasteiger partial charge in [-0.25, -0.2) is 4.98 Å². The molecule has 0 atom stereocenters. The summed E-state index contributed by atoms with van der Waals surface area (Å²) in [6, 6.07) is 10.3. The van der Waals surface area contributed by atoms with E-state index in [0.717, 1.165) is 16.6 Å². The molecule has 1 aromatic heterocycles. The van der Waals surface area contributed by atoms with Gasteiger partial charge in [0.2, 0.25) is 0 Å². The van der Waals surface area contributed by atoms with Gasteiger partial charge in [0.15, 0.2) is 5.16 Å². The summed E-state index contributed by atoms with van der Waals surface area (Å²) in [5.74, 6) is 0.777. The second kappa shape index (κ2) is 5.55. The maximum absolute atomic E-state index is 8.53. The molecular formula is C13H13N3S. The Labute approximate surface area is 105 Å². The van der Waals surface area contributed by atoms with Gasteiger partial charge in [-0.05, 0) is 18.6 Å². The molecule has 0 fully saturated rings. The smallest absolute Gasteiger partial charge is 0.172 e. The minimum absolute atomic E-state index is 0.547. The number of hydrogen-bond donors (Lipinski definition) is 0. The van der Waals surface area contributed by atoms with Crippen LogP contribution < -0.4 is 0 Å². The quantitative estimate of drug-likeness (QED) is 0.611. The number of imidazole rings is 1. The van der Waals surface area contributed by atoms with Gasteiger partial charge in [0.05, 0.1) is 11.8 Å². The molecule has 0 bridgehead atoms. The Morgan fingerprint density at radius 2 is 2.24 bits per heavy atom. The number of rotatable bonds is 4. The number of aromatic nitrogens is 2. The fourth-order valence-electron chi connectivity index (χ4n) is 1.60. The maximum atomic E-state index is 8.53. The highest BCUT2D eigenvalue weighted by atomic mass is 32.2. The summed E-state index contributed by atoms with van der Waals surface area (Å²) in [6.07, 6.45) is 4.30. The second-order valence-corrected chi connectivity index (χ2v) is 4.68. The van der Waals surface area contributed by atoms with Gasteiger partial charge in [0, 0.05) is 24.6 Å². The molecule has 2 rings (SSSR count). The van der Waals surface area contributed by atoms with Gasteiger partial charge in [0.25, 0.3) is 0 Å². The number of hydrogen-bond acceptors (Lipinski definition) is 3. The van der Waals surface area contributed by atoms with Gasteiger partial charge in [-0.2, -0.15) is 5.26 Å². The van der Waals surface area contributed by atoms with E-state index in [9.17, 15) is 0 Å². The number of nitrogens with zero attached hydrogens (tertiary/aromatic N) is 3. The van der Waals surface area contributed by atoms with Crippen molar-refractivity contribution >= 4 is 11.8 Å². The molecule has 0 saturated heterocycles. The molecule has 86 valence electrons. The molecular weight excluding hydrogens is 230 g/mol. The van der Waals surface area contributed by atoms with Gasteiger partial charge >= 0.3 is 0 Å². The summed E-state index contributed by atoms with van der Waals surface area (Å²) in [6.45, 7) is 2.08. The lowest BCUT2D eigenvalue weighted by Crippen LogP contribution is -1.97. The van der Waals surface area contributed by atoms with Crippen LogP contribution in [0.4, 0.5) is 0 Å². The van der Waals surface area contributed by atoms with Crippen LogP contribution in [0.1, 0.15) is 12.0 Å². The van der Waals surface area contributed by atoms with Crippen LogP contribution in [0, 0.1) is 18.3 Å². The predicted octanol–water partition coefficient (Wildman–Crippen LogP) is 3.19. The summed E-state index contributed by atoms with van der Waals surface area (Å²) in [7, 11) is 0. The Morgan fingerprint density at radius 1 is 1.41 bits per heavy atom. The minimum Gasteiger partial charge on any atom is -0.295 e. The van der Waals surface area contributed by atoms with E-state index in [-0.39, 0.29) is 0 Å². The number of para-hydroxylation sites is 1. The summed E-state index contributed by atoms with van der Waals surface area (Å²) >= 11 is 1.61. The van der Waals surface area contributed by atoms with Crippen molar-refractivity contribution in [2.45, 2.75) is 18.5 Å². The Hall–Kier alpha value is -1.73. The van der Waals surface area contributed by atoms with Crippen LogP contribution >= 0.6 is 11.8 Å². The first-order valence-corrected chi connectivity index (χ1v) is 6.40. The van der Waals surface area contributed by atoms with Gasteiger partial charge in [-0.3, -0.25) is 4.57 Å². The number of aryl methyl sites for hydroxylation is 1. The van der Waals surface area contributed by atoms with E-state index in [1.807, 2.05) is 18.3 Å². The Morgan fingerprint density at radius 3 is 3.00 bits per heavy atom. The third kappa shape index (κ3) is 2.69. The Kier molecular flexibility index (Phi) is 3.84. The lowest BCUT2D eigenvalue weighted by atomic mass is 10.2. The molecule has 0 amide bonds. The van der Waals surface area contributed by atoms with Crippen molar-refractivity contribution in [1.82, 2.24) is 9.55 Å². The molecule has 0 aliphatic rings. The summed E-state index contributed by atoms with van der Waals surface area (Å²) in [5, 5.41) is 9.47. The fourth-order valence-corrected chi connectivity index (χ4v) is 2.41. The molecule has 3 nitrogen and oxygen atoms in total. The zero-order valence-electron chi connectivity index (χ0n) is 9.63. The molecule has 0 unspecified atom stereocenters. The van der Waals surface area contributed by atoms with Crippen molar-refractivity contribution in [3.05, 3.63) is 42.2 Å². The van der Waals surface area contributed by atoms with Gasteiger partial charge in [-0.15, -0.1) is 0 Å². The van der Waals surface area contributed by atoms with Gasteiger partial charge in [0.1, 0.15) is 0 Å². The SMILES string of the molecule is Cc1ccccc1-n1ccnc1SCCC#N. The Bertz CT molecular complexity index is 540. The number of nitriles is 1. The van der Waals surface area contributed by atoms with Crippen LogP contribution in [0.25, 0.3) is 5.69 Å². The first-order chi connectivity index (χ1) is 8.33. The van der Waals surface area contributed by atoms with Crippen molar-refractivity contribution in [3.63, 3.8) is 0 Å². The third-order valence-electron chi connectivity index (χ3n) is 2.43. The fraction of sp³-hybridized carbons (Fsp3) is 0.231. The van der Waals surface area contributed by atoms with Crippen molar-refractivity contribution in [2.24, 2.45) is 0 Å². The molecule has 0 aliphatic carbocycles. The van der Waals surface area contributed by atoms with Crippen LogP contribution in [0.2, 0.25) is 0 Å². The lowest BCUT2D eigenvalue weighted by Gasteiger charge is -2.09. The molecule has 0 radical (unpaired) electrons. The molecule has 0 aliphatic heterocycles. The van der Waals surface area contributed by atoms with Crippen LogP contribution in [-0.4, -0.2) is 15.3 Å². The normalized spacial score (nSPS) is 10.1. The molecule has 2 aromatic rings. The van der Waals surface area contributed by atoms with E-state index in [1.165, 1.54) is 5.56 Å². The van der Waals surface area contributed by atoms with E-state index >= 15 is 0 Å². The first-order valence-electron chi connectivity index (χ1n) is 5.42. The highest BCUT2D eigenvalue weighted by molar-refractivity contribution is 7.99. The third-order valence-corrected chi connectivity index (χ3v) is 3.40. The molecule has 0 saturated carbocycles. The standard InChI is InChI=1S/C13H13N3S/c1-11-5-2-3-6-12(11)16-9-8-15-13(16)17-10-4-7-14/h2-3,5-6,8-9H,4,10H2,1H3. The molecule has 1 aromatic carbocycles. The van der Waals surface area contributed by atoms with E-state index < -0.39 is 0 Å². The second-order valence-electron chi connectivity index (χ2n) is 3.62. The molecule has 4 heteroatoms. The monoisotopic (exact) mass is 243 g/mol. The highest BCUT2D eigenvalue weighted by Crippen LogP contribution is 2.22. The first kappa shape index (κ1) is 11.7. The van der Waals surface area contributed by atoms with Crippen molar-refractivity contribution < 1.29 is 0 Å². The van der Waals surface area contributed by atoms with E-state index in [1.54, 1.807) is 18.0 Å². The summed E-state index contributed by atoms with van der Waals surface area (Å²) < 4.78 is 2.07. The average molecular weight is 243 g/mol. The summed E-state index contributed by atoms with van der Waals surface area (Å²) in [5.41, 5.74) is 2.36. The maximum Gasteiger partial charge on any atom is 0.172 e. The molecule has 0 spiro atoms. The molecule has 17 heavy (non-hydrogen) atoms. The van der Waals surface area contributed by atoms with E-state index in [4.69, 9.17) is 5.26 Å². The average Bonchev–Trinajstić information content (AvgIpc) is 2.78. The van der Waals surface area contributed by atoms with E-state index in [0.29, 0.717) is 6.42 Å². The van der Waals surface area contributed by atoms with Crippen LogP contribution in [-0.2, 0) is 0 Å². The number of benzene rings is 1. The highest BCUT2D eigenvalue weighted by Gasteiger charge is 2.06. The van der Waals surface area contributed by atoms with Crippen molar-refractivity contribution in [2.75, 3.05) is 5.75 Å². The predicted molar refractivity (Wildman–Crippen MR) is 69.3 cm³/mol. The van der Waals surface area contributed by atoms with Crippen LogP contribution in [0.3, 0.4) is 0 Å². The van der Waals surface area contributed by atoms with E-state index in [2.05, 4.69) is 34.7 Å². The zero-order valence-corrected chi connectivity index (χ0v) is 10.4. The number of thioether (sulfide) groups is 1. The van der Waals surface area contributed by atoms with Gasteiger partial charge in [-0.1, -0.05) is 30.0 Å². The zero-order chi connectivity index (χ0) is 12.1.